The molecule has 2 aromatic carbocycles. The van der Waals surface area contributed by atoms with E-state index in [9.17, 15) is 0 Å². The number of aryl methyl sites for hydroxylation is 1. The Kier molecular flexibility index (Phi) is 6.22. The molecule has 1 aliphatic heterocycles. The highest BCUT2D eigenvalue weighted by atomic mass is 16.5. The number of pyridine rings is 1. The summed E-state index contributed by atoms with van der Waals surface area (Å²) in [5.41, 5.74) is 4.07. The number of rotatable bonds is 6. The van der Waals surface area contributed by atoms with E-state index in [1.165, 1.54) is 0 Å². The Labute approximate surface area is 198 Å². The molecule has 5 rings (SSSR count). The van der Waals surface area contributed by atoms with E-state index in [2.05, 4.69) is 17.0 Å². The minimum Gasteiger partial charge on any atom is -0.497 e. The van der Waals surface area contributed by atoms with Crippen LogP contribution in [0.15, 0.2) is 52.9 Å². The fourth-order valence-corrected chi connectivity index (χ4v) is 4.73. The van der Waals surface area contributed by atoms with Gasteiger partial charge in [0.1, 0.15) is 16.8 Å². The van der Waals surface area contributed by atoms with Crippen LogP contribution >= 0.6 is 0 Å². The number of methoxy groups -OCH3 is 1. The lowest BCUT2D eigenvalue weighted by atomic mass is 10.0. The first-order chi connectivity index (χ1) is 16.5. The van der Waals surface area contributed by atoms with Gasteiger partial charge in [-0.2, -0.15) is 0 Å². The zero-order valence-electron chi connectivity index (χ0n) is 19.7. The van der Waals surface area contributed by atoms with E-state index >= 15 is 0 Å². The second kappa shape index (κ2) is 9.44. The van der Waals surface area contributed by atoms with Crippen molar-refractivity contribution in [1.82, 2.24) is 9.47 Å². The third-order valence-electron chi connectivity index (χ3n) is 6.56. The van der Waals surface area contributed by atoms with Crippen LogP contribution < -0.4 is 15.8 Å². The van der Waals surface area contributed by atoms with Crippen LogP contribution in [0.25, 0.3) is 33.0 Å². The van der Waals surface area contributed by atoms with E-state index in [0.717, 1.165) is 72.6 Å². The number of aromatic nitrogens is 1. The van der Waals surface area contributed by atoms with Crippen LogP contribution in [-0.2, 0) is 11.3 Å². The lowest BCUT2D eigenvalue weighted by Crippen LogP contribution is -2.37. The van der Waals surface area contributed by atoms with Crippen molar-refractivity contribution in [3.05, 3.63) is 65.1 Å². The number of nitrogens with zero attached hydrogens (tertiary/aromatic N) is 2. The van der Waals surface area contributed by atoms with E-state index in [0.29, 0.717) is 23.0 Å². The molecule has 0 atom stereocenters. The highest BCUT2D eigenvalue weighted by Gasteiger charge is 2.16. The van der Waals surface area contributed by atoms with Crippen LogP contribution in [-0.4, -0.2) is 49.4 Å². The number of morpholine rings is 1. The molecule has 0 unspecified atom stereocenters. The summed E-state index contributed by atoms with van der Waals surface area (Å²) < 4.78 is 18.7. The minimum atomic E-state index is 0.0274. The number of hydrogen-bond acceptors (Lipinski definition) is 6. The first-order valence-corrected chi connectivity index (χ1v) is 11.7. The molecule has 0 radical (unpaired) electrons. The average Bonchev–Trinajstić information content (AvgIpc) is 2.86. The zero-order chi connectivity index (χ0) is 23.7. The van der Waals surface area contributed by atoms with Crippen LogP contribution in [0.3, 0.4) is 0 Å². The van der Waals surface area contributed by atoms with Gasteiger partial charge in [-0.05, 0) is 61.4 Å². The molecule has 2 N–H and O–H groups in total. The van der Waals surface area contributed by atoms with Crippen molar-refractivity contribution in [3.63, 3.8) is 0 Å². The molecule has 0 amide bonds. The highest BCUT2D eigenvalue weighted by Crippen LogP contribution is 2.28. The summed E-state index contributed by atoms with van der Waals surface area (Å²) in [5.74, 6) is 0.794. The molecule has 7 nitrogen and oxygen atoms in total. The van der Waals surface area contributed by atoms with E-state index in [4.69, 9.17) is 24.7 Å². The number of benzene rings is 2. The fraction of sp³-hybridized carbons (Fsp3) is 0.333. The van der Waals surface area contributed by atoms with Gasteiger partial charge in [0.25, 0.3) is 0 Å². The highest BCUT2D eigenvalue weighted by molar-refractivity contribution is 6.05. The van der Waals surface area contributed by atoms with E-state index in [-0.39, 0.29) is 5.55 Å². The lowest BCUT2D eigenvalue weighted by Gasteiger charge is -2.27. The monoisotopic (exact) mass is 458 g/mol. The van der Waals surface area contributed by atoms with Crippen molar-refractivity contribution >= 4 is 21.7 Å². The normalized spacial score (nSPS) is 14.6. The Balaban J connectivity index is 1.66. The summed E-state index contributed by atoms with van der Waals surface area (Å²) in [6.45, 7) is 7.12. The van der Waals surface area contributed by atoms with Gasteiger partial charge in [0.05, 0.1) is 31.4 Å². The maximum absolute atomic E-state index is 9.13. The van der Waals surface area contributed by atoms with Crippen molar-refractivity contribution in [2.75, 3.05) is 40.0 Å². The Morgan fingerprint density at radius 2 is 1.71 bits per heavy atom. The molecule has 3 heterocycles. The lowest BCUT2D eigenvalue weighted by molar-refractivity contribution is 0.0369. The van der Waals surface area contributed by atoms with Crippen molar-refractivity contribution in [2.45, 2.75) is 19.9 Å². The van der Waals surface area contributed by atoms with Gasteiger partial charge in [-0.15, -0.1) is 0 Å². The smallest absolute Gasteiger partial charge is 0.223 e. The van der Waals surface area contributed by atoms with E-state index in [1.807, 2.05) is 47.9 Å². The molecule has 0 bridgehead atoms. The molecule has 0 spiro atoms. The Bertz CT molecular complexity index is 1450. The molecule has 1 fully saturated rings. The van der Waals surface area contributed by atoms with Crippen LogP contribution in [0.1, 0.15) is 12.0 Å². The van der Waals surface area contributed by atoms with Crippen LogP contribution in [0.4, 0.5) is 0 Å². The van der Waals surface area contributed by atoms with Gasteiger partial charge in [-0.1, -0.05) is 11.6 Å². The molecule has 7 heteroatoms. The Morgan fingerprint density at radius 1 is 0.941 bits per heavy atom. The molecule has 2 aromatic heterocycles. The van der Waals surface area contributed by atoms with E-state index in [1.54, 1.807) is 7.11 Å². The number of nitrogens with one attached hydrogen (secondary N) is 2. The zero-order valence-corrected chi connectivity index (χ0v) is 19.7. The van der Waals surface area contributed by atoms with Crippen LogP contribution in [0.2, 0.25) is 0 Å². The van der Waals surface area contributed by atoms with Gasteiger partial charge in [-0.25, -0.2) is 0 Å². The van der Waals surface area contributed by atoms with Crippen LogP contribution in [0.5, 0.6) is 5.75 Å². The average molecular weight is 459 g/mol. The van der Waals surface area contributed by atoms with Crippen molar-refractivity contribution < 1.29 is 13.9 Å². The summed E-state index contributed by atoms with van der Waals surface area (Å²) in [7, 11) is 1.66. The molecular weight excluding hydrogens is 428 g/mol. The minimum absolute atomic E-state index is 0.0274. The third-order valence-corrected chi connectivity index (χ3v) is 6.56. The SMILES string of the molecule is COc1ccc(-c2cc3c(c(=N)oc4ccc(C)cc43)c(=N)n2CCCN2CCOCC2)cc1. The third kappa shape index (κ3) is 4.24. The number of hydrogen-bond donors (Lipinski definition) is 2. The van der Waals surface area contributed by atoms with Crippen LogP contribution in [0, 0.1) is 17.7 Å². The van der Waals surface area contributed by atoms with Gasteiger partial charge >= 0.3 is 0 Å². The first-order valence-electron chi connectivity index (χ1n) is 11.7. The second-order valence-corrected chi connectivity index (χ2v) is 8.79. The molecule has 1 saturated heterocycles. The summed E-state index contributed by atoms with van der Waals surface area (Å²) in [6, 6.07) is 16.0. The molecular formula is C27H30N4O3. The summed E-state index contributed by atoms with van der Waals surface area (Å²) in [6.07, 6.45) is 0.905. The predicted octanol–water partition coefficient (Wildman–Crippen LogP) is 4.05. The van der Waals surface area contributed by atoms with Crippen molar-refractivity contribution in [1.29, 1.82) is 10.8 Å². The quantitative estimate of drug-likeness (QED) is 0.427. The molecule has 34 heavy (non-hydrogen) atoms. The van der Waals surface area contributed by atoms with Gasteiger partial charge in [-0.3, -0.25) is 15.7 Å². The topological polar surface area (TPSA) is 87.5 Å². The number of fused-ring (bicyclic) bond motifs is 3. The Hall–Kier alpha value is -3.42. The second-order valence-electron chi connectivity index (χ2n) is 8.79. The standard InChI is InChI=1S/C27H30N4O3/c1-18-4-9-24-21(16-18)22-17-23(19-5-7-20(32-2)8-6-19)31(26(28)25(22)27(29)34-24)11-3-10-30-12-14-33-15-13-30/h4-9,16-17,28-29H,3,10-15H2,1-2H3. The van der Waals surface area contributed by atoms with Gasteiger partial charge in [0, 0.05) is 37.0 Å². The summed E-state index contributed by atoms with van der Waals surface area (Å²) in [4.78, 5) is 2.41. The molecule has 176 valence electrons. The maximum atomic E-state index is 9.13. The van der Waals surface area contributed by atoms with Crippen molar-refractivity contribution in [2.24, 2.45) is 0 Å². The number of ether oxygens (including phenoxy) is 2. The predicted molar refractivity (Wildman–Crippen MR) is 132 cm³/mol. The summed E-state index contributed by atoms with van der Waals surface area (Å²) in [5, 5.41) is 20.0. The fourth-order valence-electron chi connectivity index (χ4n) is 4.73. The summed E-state index contributed by atoms with van der Waals surface area (Å²) >= 11 is 0. The molecule has 4 aromatic rings. The molecule has 0 saturated carbocycles. The van der Waals surface area contributed by atoms with Gasteiger partial charge in [0.2, 0.25) is 5.55 Å². The maximum Gasteiger partial charge on any atom is 0.223 e. The van der Waals surface area contributed by atoms with Gasteiger partial charge in [0.15, 0.2) is 0 Å². The molecule has 0 aliphatic carbocycles. The van der Waals surface area contributed by atoms with Gasteiger partial charge < -0.3 is 18.5 Å². The Morgan fingerprint density at radius 3 is 2.44 bits per heavy atom. The molecule has 1 aliphatic rings. The first kappa shape index (κ1) is 22.4. The van der Waals surface area contributed by atoms with E-state index < -0.39 is 0 Å². The largest absolute Gasteiger partial charge is 0.497 e. The van der Waals surface area contributed by atoms with Crippen molar-refractivity contribution in [3.8, 4) is 17.0 Å².